The van der Waals surface area contributed by atoms with E-state index in [1.54, 1.807) is 0 Å². The molecular formula is C14H27N3O3. The van der Waals surface area contributed by atoms with E-state index in [0.29, 0.717) is 26.1 Å². The first-order valence-electron chi connectivity index (χ1n) is 7.16. The topological polar surface area (TPSA) is 84.7 Å². The lowest BCUT2D eigenvalue weighted by molar-refractivity contribution is -0.128. The van der Waals surface area contributed by atoms with Crippen molar-refractivity contribution in [1.82, 2.24) is 10.2 Å². The molecule has 1 aliphatic heterocycles. The van der Waals surface area contributed by atoms with E-state index in [1.807, 2.05) is 32.6 Å². The van der Waals surface area contributed by atoms with Crippen LogP contribution in [0.3, 0.4) is 0 Å². The second kappa shape index (κ2) is 6.92. The number of ether oxygens (including phenoxy) is 1. The molecular weight excluding hydrogens is 258 g/mol. The van der Waals surface area contributed by atoms with E-state index >= 15 is 0 Å². The minimum Gasteiger partial charge on any atom is -0.444 e. The van der Waals surface area contributed by atoms with Crippen LogP contribution in [-0.2, 0) is 9.53 Å². The van der Waals surface area contributed by atoms with Gasteiger partial charge in [-0.1, -0.05) is 6.92 Å². The Balaban J connectivity index is 2.28. The van der Waals surface area contributed by atoms with E-state index in [0.717, 1.165) is 6.54 Å². The third-order valence-corrected chi connectivity index (χ3v) is 3.15. The monoisotopic (exact) mass is 285 g/mol. The second-order valence-corrected chi connectivity index (χ2v) is 6.59. The van der Waals surface area contributed by atoms with Crippen molar-refractivity contribution in [3.63, 3.8) is 0 Å². The number of likely N-dealkylation sites (tertiary alicyclic amines) is 1. The molecule has 116 valence electrons. The van der Waals surface area contributed by atoms with Gasteiger partial charge in [0.25, 0.3) is 0 Å². The first-order valence-corrected chi connectivity index (χ1v) is 7.16. The highest BCUT2D eigenvalue weighted by molar-refractivity contribution is 5.78. The van der Waals surface area contributed by atoms with Crippen molar-refractivity contribution in [2.24, 2.45) is 17.6 Å². The van der Waals surface area contributed by atoms with E-state index in [1.165, 1.54) is 0 Å². The fourth-order valence-corrected chi connectivity index (χ4v) is 2.20. The van der Waals surface area contributed by atoms with E-state index in [2.05, 4.69) is 5.32 Å². The molecule has 20 heavy (non-hydrogen) atoms. The number of alkyl carbamates (subject to hydrolysis) is 1. The van der Waals surface area contributed by atoms with Crippen LogP contribution in [-0.4, -0.2) is 48.7 Å². The summed E-state index contributed by atoms with van der Waals surface area (Å²) < 4.78 is 5.17. The molecule has 2 atom stereocenters. The molecule has 0 aromatic carbocycles. The van der Waals surface area contributed by atoms with Crippen LogP contribution in [0.15, 0.2) is 0 Å². The molecule has 0 radical (unpaired) electrons. The van der Waals surface area contributed by atoms with Gasteiger partial charge in [0, 0.05) is 26.1 Å². The van der Waals surface area contributed by atoms with E-state index in [9.17, 15) is 9.59 Å². The number of rotatable bonds is 5. The molecule has 1 heterocycles. The summed E-state index contributed by atoms with van der Waals surface area (Å²) >= 11 is 0. The van der Waals surface area contributed by atoms with Crippen molar-refractivity contribution >= 4 is 12.0 Å². The molecule has 6 heteroatoms. The average molecular weight is 285 g/mol. The van der Waals surface area contributed by atoms with Crippen LogP contribution in [0.5, 0.6) is 0 Å². The fourth-order valence-electron chi connectivity index (χ4n) is 2.20. The molecule has 0 saturated carbocycles. The summed E-state index contributed by atoms with van der Waals surface area (Å²) in [4.78, 5) is 25.1. The number of nitrogens with one attached hydrogen (secondary N) is 1. The molecule has 1 fully saturated rings. The Kier molecular flexibility index (Phi) is 5.80. The van der Waals surface area contributed by atoms with Gasteiger partial charge in [0.2, 0.25) is 5.91 Å². The van der Waals surface area contributed by atoms with Gasteiger partial charge < -0.3 is 20.7 Å². The lowest BCUT2D eigenvalue weighted by Crippen LogP contribution is -2.38. The van der Waals surface area contributed by atoms with Gasteiger partial charge in [0.1, 0.15) is 5.60 Å². The Morgan fingerprint density at radius 3 is 2.70 bits per heavy atom. The molecule has 3 N–H and O–H groups in total. The van der Waals surface area contributed by atoms with Gasteiger partial charge in [-0.2, -0.15) is 0 Å². The maximum absolute atomic E-state index is 11.8. The largest absolute Gasteiger partial charge is 0.444 e. The quantitative estimate of drug-likeness (QED) is 0.788. The molecule has 6 nitrogen and oxygen atoms in total. The lowest BCUT2D eigenvalue weighted by atomic mass is 10.1. The molecule has 1 saturated heterocycles. The summed E-state index contributed by atoms with van der Waals surface area (Å²) in [7, 11) is 0. The number of amides is 2. The third-order valence-electron chi connectivity index (χ3n) is 3.15. The minimum atomic E-state index is -0.493. The van der Waals surface area contributed by atoms with Gasteiger partial charge >= 0.3 is 6.09 Å². The Labute approximate surface area is 121 Å². The summed E-state index contributed by atoms with van der Waals surface area (Å²) in [5.41, 5.74) is 5.10. The molecule has 0 bridgehead atoms. The average Bonchev–Trinajstić information content (AvgIpc) is 2.65. The lowest BCUT2D eigenvalue weighted by Gasteiger charge is -2.23. The molecule has 1 rings (SSSR count). The molecule has 0 aromatic heterocycles. The van der Waals surface area contributed by atoms with Crippen LogP contribution >= 0.6 is 0 Å². The number of carbonyl (C=O) groups excluding carboxylic acids is 2. The highest BCUT2D eigenvalue weighted by atomic mass is 16.6. The van der Waals surface area contributed by atoms with E-state index in [-0.39, 0.29) is 17.7 Å². The minimum absolute atomic E-state index is 0.157. The van der Waals surface area contributed by atoms with Gasteiger partial charge in [0.05, 0.1) is 0 Å². The van der Waals surface area contributed by atoms with Crippen LogP contribution < -0.4 is 11.1 Å². The summed E-state index contributed by atoms with van der Waals surface area (Å²) in [5, 5.41) is 2.73. The number of nitrogens with zero attached hydrogens (tertiary/aromatic N) is 1. The molecule has 2 amide bonds. The van der Waals surface area contributed by atoms with Crippen molar-refractivity contribution in [3.8, 4) is 0 Å². The zero-order chi connectivity index (χ0) is 15.3. The smallest absolute Gasteiger partial charge is 0.407 e. The Hall–Kier alpha value is -1.30. The van der Waals surface area contributed by atoms with Gasteiger partial charge in [-0.05, 0) is 39.2 Å². The van der Waals surface area contributed by atoms with Crippen molar-refractivity contribution in [1.29, 1.82) is 0 Å². The first kappa shape index (κ1) is 16.8. The van der Waals surface area contributed by atoms with Gasteiger partial charge in [0.15, 0.2) is 0 Å². The Bertz CT molecular complexity index is 352. The zero-order valence-corrected chi connectivity index (χ0v) is 12.9. The normalized spacial score (nSPS) is 20.9. The number of hydrogen-bond donors (Lipinski definition) is 2. The van der Waals surface area contributed by atoms with Crippen molar-refractivity contribution < 1.29 is 14.3 Å². The number of nitrogens with two attached hydrogens (primary N) is 1. The van der Waals surface area contributed by atoms with Crippen LogP contribution in [0.25, 0.3) is 0 Å². The summed E-state index contributed by atoms with van der Waals surface area (Å²) in [6.07, 6.45) is 0.125. The third kappa shape index (κ3) is 5.77. The highest BCUT2D eigenvalue weighted by Gasteiger charge is 2.29. The molecule has 0 spiro atoms. The van der Waals surface area contributed by atoms with E-state index < -0.39 is 11.7 Å². The van der Waals surface area contributed by atoms with Gasteiger partial charge in [-0.15, -0.1) is 0 Å². The van der Waals surface area contributed by atoms with Crippen molar-refractivity contribution in [2.75, 3.05) is 26.2 Å². The number of carbonyl (C=O) groups is 2. The second-order valence-electron chi connectivity index (χ2n) is 6.59. The Morgan fingerprint density at radius 2 is 2.20 bits per heavy atom. The molecule has 0 aliphatic carbocycles. The van der Waals surface area contributed by atoms with Crippen LogP contribution in [0.4, 0.5) is 4.79 Å². The standard InChI is InChI=1S/C14H27N3O3/c1-10(7-16-13(19)20-14(2,3)4)8-17-9-11(6-15)5-12(17)18/h10-11H,5-9,15H2,1-4H3,(H,16,19). The van der Waals surface area contributed by atoms with Gasteiger partial charge in [-0.3, -0.25) is 4.79 Å². The van der Waals surface area contributed by atoms with Crippen LogP contribution in [0, 0.1) is 11.8 Å². The number of hydrogen-bond acceptors (Lipinski definition) is 4. The predicted octanol–water partition coefficient (Wildman–Crippen LogP) is 0.954. The fraction of sp³-hybridized carbons (Fsp3) is 0.857. The summed E-state index contributed by atoms with van der Waals surface area (Å²) in [6.45, 7) is 9.89. The highest BCUT2D eigenvalue weighted by Crippen LogP contribution is 2.17. The van der Waals surface area contributed by atoms with Crippen molar-refractivity contribution in [3.05, 3.63) is 0 Å². The molecule has 1 aliphatic rings. The summed E-state index contributed by atoms with van der Waals surface area (Å²) in [6, 6.07) is 0. The van der Waals surface area contributed by atoms with Gasteiger partial charge in [-0.25, -0.2) is 4.79 Å². The zero-order valence-electron chi connectivity index (χ0n) is 12.9. The van der Waals surface area contributed by atoms with Crippen LogP contribution in [0.2, 0.25) is 0 Å². The van der Waals surface area contributed by atoms with Crippen molar-refractivity contribution in [2.45, 2.75) is 39.7 Å². The molecule has 2 unspecified atom stereocenters. The molecule has 0 aromatic rings. The Morgan fingerprint density at radius 1 is 1.55 bits per heavy atom. The van der Waals surface area contributed by atoms with E-state index in [4.69, 9.17) is 10.5 Å². The SMILES string of the molecule is CC(CNC(=O)OC(C)(C)C)CN1CC(CN)CC1=O. The van der Waals surface area contributed by atoms with Crippen LogP contribution in [0.1, 0.15) is 34.1 Å². The summed E-state index contributed by atoms with van der Waals surface area (Å²) in [5.74, 6) is 0.612. The predicted molar refractivity (Wildman–Crippen MR) is 77.1 cm³/mol. The maximum Gasteiger partial charge on any atom is 0.407 e. The maximum atomic E-state index is 11.8. The first-order chi connectivity index (χ1) is 9.21.